The number of nitrogens with one attached hydrogen (secondary N) is 2. The second-order valence-corrected chi connectivity index (χ2v) is 9.13. The van der Waals surface area contributed by atoms with E-state index in [1.54, 1.807) is 50.6 Å². The summed E-state index contributed by atoms with van der Waals surface area (Å²) in [5.41, 5.74) is 8.07. The molecule has 0 unspecified atom stereocenters. The topological polar surface area (TPSA) is 120 Å². The van der Waals surface area contributed by atoms with Crippen molar-refractivity contribution in [2.24, 2.45) is 10.2 Å². The van der Waals surface area contributed by atoms with Crippen LogP contribution in [0, 0.1) is 0 Å². The van der Waals surface area contributed by atoms with Crippen molar-refractivity contribution in [1.82, 2.24) is 10.9 Å². The molecule has 0 saturated carbocycles. The van der Waals surface area contributed by atoms with Crippen molar-refractivity contribution in [3.05, 3.63) is 119 Å². The Hall–Kier alpha value is -5.64. The number of methoxy groups -OCH3 is 2. The van der Waals surface area contributed by atoms with Gasteiger partial charge in [-0.05, 0) is 58.7 Å². The number of amides is 2. The summed E-state index contributed by atoms with van der Waals surface area (Å²) in [7, 11) is 3.09. The Kier molecular flexibility index (Phi) is 11.3. The van der Waals surface area contributed by atoms with Gasteiger partial charge in [0.05, 0.1) is 26.6 Å². The largest absolute Gasteiger partial charge is 0.493 e. The van der Waals surface area contributed by atoms with Gasteiger partial charge in [0.15, 0.2) is 23.0 Å². The summed E-state index contributed by atoms with van der Waals surface area (Å²) in [5, 5.41) is 7.84. The average Bonchev–Trinajstić information content (AvgIpc) is 3.04. The highest BCUT2D eigenvalue weighted by Crippen LogP contribution is 2.29. The van der Waals surface area contributed by atoms with Crippen molar-refractivity contribution in [3.8, 4) is 23.0 Å². The monoisotopic (exact) mass is 580 g/mol. The summed E-state index contributed by atoms with van der Waals surface area (Å²) in [6.07, 6.45) is 2.43. The highest BCUT2D eigenvalue weighted by Gasteiger charge is 2.09. The molecule has 0 atom stereocenters. The molecular weight excluding hydrogens is 548 g/mol. The van der Waals surface area contributed by atoms with E-state index in [0.29, 0.717) is 47.3 Å². The summed E-state index contributed by atoms with van der Waals surface area (Å²) < 4.78 is 22.5. The van der Waals surface area contributed by atoms with Crippen molar-refractivity contribution in [1.29, 1.82) is 0 Å². The first kappa shape index (κ1) is 30.3. The Morgan fingerprint density at radius 1 is 0.605 bits per heavy atom. The Morgan fingerprint density at radius 2 is 1.02 bits per heavy atom. The molecule has 4 rings (SSSR count). The predicted octanol–water partition coefficient (Wildman–Crippen LogP) is 4.85. The molecule has 10 nitrogen and oxygen atoms in total. The summed E-state index contributed by atoms with van der Waals surface area (Å²) in [6, 6.07) is 30.1. The van der Waals surface area contributed by atoms with E-state index in [-0.39, 0.29) is 0 Å². The maximum atomic E-state index is 12.1. The lowest BCUT2D eigenvalue weighted by atomic mass is 10.2. The molecule has 0 aromatic heterocycles. The first-order valence-corrected chi connectivity index (χ1v) is 13.4. The van der Waals surface area contributed by atoms with E-state index in [4.69, 9.17) is 18.9 Å². The maximum Gasteiger partial charge on any atom is 0.249 e. The number of rotatable bonds is 14. The van der Waals surface area contributed by atoms with Crippen LogP contribution in [0.3, 0.4) is 0 Å². The Morgan fingerprint density at radius 3 is 1.42 bits per heavy atom. The minimum Gasteiger partial charge on any atom is -0.493 e. The third-order valence-corrected chi connectivity index (χ3v) is 5.98. The van der Waals surface area contributed by atoms with Crippen LogP contribution in [0.25, 0.3) is 0 Å². The van der Waals surface area contributed by atoms with E-state index in [0.717, 1.165) is 11.1 Å². The van der Waals surface area contributed by atoms with E-state index in [1.807, 2.05) is 60.7 Å². The number of hydrogen-bond acceptors (Lipinski definition) is 8. The molecule has 0 aliphatic carbocycles. The van der Waals surface area contributed by atoms with Gasteiger partial charge in [-0.25, -0.2) is 10.9 Å². The minimum absolute atomic E-state index is 0.400. The molecule has 0 radical (unpaired) electrons. The predicted molar refractivity (Wildman–Crippen MR) is 164 cm³/mol. The molecule has 0 bridgehead atoms. The van der Waals surface area contributed by atoms with Crippen LogP contribution in [0.4, 0.5) is 0 Å². The van der Waals surface area contributed by atoms with Crippen LogP contribution in [-0.2, 0) is 22.8 Å². The number of benzene rings is 4. The Bertz CT molecular complexity index is 1440. The third kappa shape index (κ3) is 9.75. The lowest BCUT2D eigenvalue weighted by Gasteiger charge is -2.11. The second-order valence-electron chi connectivity index (χ2n) is 9.13. The zero-order valence-electron chi connectivity index (χ0n) is 23.9. The second kappa shape index (κ2) is 16.0. The van der Waals surface area contributed by atoms with Crippen LogP contribution >= 0.6 is 0 Å². The van der Waals surface area contributed by atoms with Crippen LogP contribution in [0.15, 0.2) is 107 Å². The number of hydrazone groups is 2. The van der Waals surface area contributed by atoms with Crippen LogP contribution in [0.1, 0.15) is 28.7 Å². The van der Waals surface area contributed by atoms with E-state index in [1.165, 1.54) is 12.4 Å². The van der Waals surface area contributed by atoms with Gasteiger partial charge in [0.1, 0.15) is 19.6 Å². The van der Waals surface area contributed by atoms with Gasteiger partial charge < -0.3 is 18.9 Å². The Labute approximate surface area is 249 Å². The van der Waals surface area contributed by atoms with Gasteiger partial charge in [0.2, 0.25) is 11.8 Å². The molecule has 0 spiro atoms. The van der Waals surface area contributed by atoms with Crippen LogP contribution in [0.5, 0.6) is 23.0 Å². The van der Waals surface area contributed by atoms with E-state index >= 15 is 0 Å². The van der Waals surface area contributed by atoms with Crippen LogP contribution < -0.4 is 29.8 Å². The maximum absolute atomic E-state index is 12.1. The SMILES string of the molecule is COc1cc(C=NNC(=O)CC(=O)NN=Cc2ccc(OCc3ccccc3)c(OC)c2)ccc1OCc1ccccc1. The minimum atomic E-state index is -0.597. The number of hydrogen-bond donors (Lipinski definition) is 2. The lowest BCUT2D eigenvalue weighted by Crippen LogP contribution is -2.27. The third-order valence-electron chi connectivity index (χ3n) is 5.98. The van der Waals surface area contributed by atoms with Crippen LogP contribution in [-0.4, -0.2) is 38.5 Å². The zero-order valence-corrected chi connectivity index (χ0v) is 23.9. The Balaban J connectivity index is 1.21. The van der Waals surface area contributed by atoms with E-state index in [9.17, 15) is 9.59 Å². The van der Waals surface area contributed by atoms with Gasteiger partial charge in [0, 0.05) is 0 Å². The van der Waals surface area contributed by atoms with Gasteiger partial charge in [-0.3, -0.25) is 9.59 Å². The van der Waals surface area contributed by atoms with Crippen molar-refractivity contribution in [2.45, 2.75) is 19.6 Å². The summed E-state index contributed by atoms with van der Waals surface area (Å²) in [5.74, 6) is 1.01. The fourth-order valence-corrected chi connectivity index (χ4v) is 3.82. The van der Waals surface area contributed by atoms with Crippen molar-refractivity contribution < 1.29 is 28.5 Å². The molecule has 4 aromatic carbocycles. The first-order chi connectivity index (χ1) is 21.0. The number of carbonyl (C=O) groups excluding carboxylic acids is 2. The molecule has 0 saturated heterocycles. The highest BCUT2D eigenvalue weighted by atomic mass is 16.5. The fraction of sp³-hybridized carbons (Fsp3) is 0.152. The lowest BCUT2D eigenvalue weighted by molar-refractivity contribution is -0.129. The molecular formula is C33H32N4O6. The van der Waals surface area contributed by atoms with Gasteiger partial charge in [-0.15, -0.1) is 0 Å². The highest BCUT2D eigenvalue weighted by molar-refractivity contribution is 5.97. The molecule has 2 N–H and O–H groups in total. The van der Waals surface area contributed by atoms with Gasteiger partial charge >= 0.3 is 0 Å². The molecule has 0 heterocycles. The molecule has 0 fully saturated rings. The molecule has 10 heteroatoms. The molecule has 2 amide bonds. The molecule has 4 aromatic rings. The van der Waals surface area contributed by atoms with E-state index in [2.05, 4.69) is 21.1 Å². The van der Waals surface area contributed by atoms with E-state index < -0.39 is 18.2 Å². The molecule has 220 valence electrons. The molecule has 43 heavy (non-hydrogen) atoms. The van der Waals surface area contributed by atoms with Crippen LogP contribution in [0.2, 0.25) is 0 Å². The van der Waals surface area contributed by atoms with Gasteiger partial charge in [-0.1, -0.05) is 60.7 Å². The number of ether oxygens (including phenoxy) is 4. The van der Waals surface area contributed by atoms with Crippen molar-refractivity contribution in [3.63, 3.8) is 0 Å². The standard InChI is InChI=1S/C33H32N4O6/c1-40-30-17-26(13-15-28(30)42-22-24-9-5-3-6-10-24)20-34-36-32(38)19-33(39)37-35-21-27-14-16-29(31(18-27)41-2)43-23-25-11-7-4-8-12-25/h3-18,20-21H,19,22-23H2,1-2H3,(H,36,38)(H,37,39). The van der Waals surface area contributed by atoms with Crippen molar-refractivity contribution in [2.75, 3.05) is 14.2 Å². The summed E-state index contributed by atoms with van der Waals surface area (Å²) in [6.45, 7) is 0.800. The smallest absolute Gasteiger partial charge is 0.249 e. The summed E-state index contributed by atoms with van der Waals surface area (Å²) in [4.78, 5) is 24.3. The number of carbonyl (C=O) groups is 2. The quantitative estimate of drug-likeness (QED) is 0.125. The first-order valence-electron chi connectivity index (χ1n) is 13.4. The van der Waals surface area contributed by atoms with Gasteiger partial charge in [-0.2, -0.15) is 10.2 Å². The van der Waals surface area contributed by atoms with Crippen molar-refractivity contribution >= 4 is 24.2 Å². The average molecular weight is 581 g/mol. The normalized spacial score (nSPS) is 10.8. The fourth-order valence-electron chi connectivity index (χ4n) is 3.82. The zero-order chi connectivity index (χ0) is 30.3. The molecule has 0 aliphatic heterocycles. The molecule has 0 aliphatic rings. The van der Waals surface area contributed by atoms with Gasteiger partial charge in [0.25, 0.3) is 0 Å². The summed E-state index contributed by atoms with van der Waals surface area (Å²) >= 11 is 0. The number of nitrogens with zero attached hydrogens (tertiary/aromatic N) is 2.